The van der Waals surface area contributed by atoms with Crippen LogP contribution in [-0.2, 0) is 14.4 Å². The van der Waals surface area contributed by atoms with Gasteiger partial charge in [0.1, 0.15) is 5.92 Å². The second-order valence-corrected chi connectivity index (χ2v) is 8.49. The van der Waals surface area contributed by atoms with Crippen LogP contribution in [0.5, 0.6) is 0 Å². The first kappa shape index (κ1) is 20.1. The fourth-order valence-corrected chi connectivity index (χ4v) is 4.49. The molecule has 0 aliphatic carbocycles. The summed E-state index contributed by atoms with van der Waals surface area (Å²) < 4.78 is 0. The first-order valence-corrected chi connectivity index (χ1v) is 10.6. The van der Waals surface area contributed by atoms with Gasteiger partial charge in [0.2, 0.25) is 5.91 Å². The molecule has 2 fully saturated rings. The molecule has 3 aromatic carbocycles. The van der Waals surface area contributed by atoms with Crippen molar-refractivity contribution < 1.29 is 14.4 Å². The zero-order valence-electron chi connectivity index (χ0n) is 16.5. The van der Waals surface area contributed by atoms with Gasteiger partial charge in [0.05, 0.1) is 27.5 Å². The van der Waals surface area contributed by atoms with Crippen molar-refractivity contribution in [2.75, 3.05) is 9.96 Å². The fourth-order valence-electron chi connectivity index (χ4n) is 4.19. The summed E-state index contributed by atoms with van der Waals surface area (Å²) in [6.07, 6.45) is -0.923. The number of benzene rings is 3. The van der Waals surface area contributed by atoms with E-state index in [4.69, 9.17) is 28.0 Å². The zero-order chi connectivity index (χ0) is 21.7. The third-order valence-electron chi connectivity index (χ3n) is 5.71. The monoisotopic (exact) mass is 452 g/mol. The van der Waals surface area contributed by atoms with Crippen molar-refractivity contribution in [1.82, 2.24) is 0 Å². The van der Waals surface area contributed by atoms with E-state index in [2.05, 4.69) is 0 Å². The second kappa shape index (κ2) is 7.68. The Hall–Kier alpha value is -2.86. The SMILES string of the molecule is Cc1ccc(C2C3C(=O)N(c4ccc(Cl)c(Cl)c4)C(=O)C3ON2c2ccccc2)cc1. The third kappa shape index (κ3) is 3.30. The van der Waals surface area contributed by atoms with Crippen LogP contribution in [0.2, 0.25) is 10.0 Å². The topological polar surface area (TPSA) is 49.9 Å². The lowest BCUT2D eigenvalue weighted by Crippen LogP contribution is -2.37. The molecular formula is C24H18Cl2N2O3. The lowest BCUT2D eigenvalue weighted by Gasteiger charge is -2.28. The number of amides is 2. The number of anilines is 2. The van der Waals surface area contributed by atoms with E-state index < -0.39 is 24.0 Å². The Labute approximate surface area is 189 Å². The largest absolute Gasteiger partial charge is 0.273 e. The lowest BCUT2D eigenvalue weighted by atomic mass is 9.90. The lowest BCUT2D eigenvalue weighted by molar-refractivity contribution is -0.126. The number of aryl methyl sites for hydroxylation is 1. The zero-order valence-corrected chi connectivity index (χ0v) is 18.0. The van der Waals surface area contributed by atoms with E-state index in [1.54, 1.807) is 17.2 Å². The third-order valence-corrected chi connectivity index (χ3v) is 6.45. The molecule has 156 valence electrons. The molecule has 2 heterocycles. The first-order valence-electron chi connectivity index (χ1n) is 9.86. The van der Waals surface area contributed by atoms with Crippen LogP contribution in [0.25, 0.3) is 0 Å². The summed E-state index contributed by atoms with van der Waals surface area (Å²) in [6, 6.07) is 21.7. The number of carbonyl (C=O) groups is 2. The molecule has 0 radical (unpaired) electrons. The number of imide groups is 1. The molecule has 5 nitrogen and oxygen atoms in total. The molecule has 5 rings (SSSR count). The molecule has 7 heteroatoms. The van der Waals surface area contributed by atoms with E-state index >= 15 is 0 Å². The molecule has 0 bridgehead atoms. The normalized spacial score (nSPS) is 22.9. The number of hydroxylamine groups is 1. The summed E-state index contributed by atoms with van der Waals surface area (Å²) in [4.78, 5) is 34.1. The minimum atomic E-state index is -0.923. The summed E-state index contributed by atoms with van der Waals surface area (Å²) >= 11 is 12.1. The molecule has 0 spiro atoms. The number of nitrogens with zero attached hydrogens (tertiary/aromatic N) is 2. The second-order valence-electron chi connectivity index (χ2n) is 7.68. The van der Waals surface area contributed by atoms with Gasteiger partial charge in [-0.3, -0.25) is 14.4 Å². The standard InChI is InChI=1S/C24H18Cl2N2O3/c1-14-7-9-15(10-8-14)21-20-22(31-28(21)16-5-3-2-4-6-16)24(30)27(23(20)29)17-11-12-18(25)19(26)13-17/h2-13,20-22H,1H3. The predicted octanol–water partition coefficient (Wildman–Crippen LogP) is 5.35. The highest BCUT2D eigenvalue weighted by Gasteiger charge is 2.60. The van der Waals surface area contributed by atoms with E-state index in [1.807, 2.05) is 61.5 Å². The Morgan fingerprint density at radius 1 is 0.806 bits per heavy atom. The average molecular weight is 453 g/mol. The molecule has 0 aromatic heterocycles. The number of hydrogen-bond donors (Lipinski definition) is 0. The van der Waals surface area contributed by atoms with Crippen LogP contribution in [0.4, 0.5) is 11.4 Å². The van der Waals surface area contributed by atoms with Crippen LogP contribution in [0, 0.1) is 12.8 Å². The number of fused-ring (bicyclic) bond motifs is 1. The van der Waals surface area contributed by atoms with Crippen LogP contribution in [-0.4, -0.2) is 17.9 Å². The number of rotatable bonds is 3. The molecule has 0 saturated carbocycles. The summed E-state index contributed by atoms with van der Waals surface area (Å²) in [5.74, 6) is -1.42. The molecule has 3 atom stereocenters. The van der Waals surface area contributed by atoms with Gasteiger partial charge in [-0.25, -0.2) is 9.96 Å². The van der Waals surface area contributed by atoms with E-state index in [0.29, 0.717) is 10.7 Å². The summed E-state index contributed by atoms with van der Waals surface area (Å²) in [7, 11) is 0. The molecule has 2 aliphatic heterocycles. The van der Waals surface area contributed by atoms with Crippen LogP contribution in [0.3, 0.4) is 0 Å². The molecule has 31 heavy (non-hydrogen) atoms. The van der Waals surface area contributed by atoms with Crippen molar-refractivity contribution in [3.8, 4) is 0 Å². The molecular weight excluding hydrogens is 435 g/mol. The summed E-state index contributed by atoms with van der Waals surface area (Å²) in [5, 5.41) is 2.31. The van der Waals surface area contributed by atoms with Gasteiger partial charge in [-0.1, -0.05) is 71.2 Å². The van der Waals surface area contributed by atoms with Gasteiger partial charge in [-0.15, -0.1) is 0 Å². The highest BCUT2D eigenvalue weighted by molar-refractivity contribution is 6.42. The Morgan fingerprint density at radius 3 is 2.19 bits per heavy atom. The van der Waals surface area contributed by atoms with Gasteiger partial charge in [0.25, 0.3) is 5.91 Å². The number of hydrogen-bond acceptors (Lipinski definition) is 4. The predicted molar refractivity (Wildman–Crippen MR) is 120 cm³/mol. The van der Waals surface area contributed by atoms with Crippen molar-refractivity contribution in [3.05, 3.63) is 94.0 Å². The van der Waals surface area contributed by atoms with Crippen LogP contribution in [0.1, 0.15) is 17.2 Å². The fraction of sp³-hybridized carbons (Fsp3) is 0.167. The number of carbonyl (C=O) groups excluding carboxylic acids is 2. The minimum absolute atomic E-state index is 0.277. The smallest absolute Gasteiger partial charge is 0.266 e. The Bertz CT molecular complexity index is 1170. The van der Waals surface area contributed by atoms with Gasteiger partial charge in [-0.2, -0.15) is 0 Å². The number of para-hydroxylation sites is 1. The summed E-state index contributed by atoms with van der Waals surface area (Å²) in [5.41, 5.74) is 3.18. The van der Waals surface area contributed by atoms with Gasteiger partial charge >= 0.3 is 0 Å². The summed E-state index contributed by atoms with van der Waals surface area (Å²) in [6.45, 7) is 2.00. The minimum Gasteiger partial charge on any atom is -0.273 e. The Balaban J connectivity index is 1.58. The van der Waals surface area contributed by atoms with Gasteiger partial charge in [0.15, 0.2) is 6.10 Å². The van der Waals surface area contributed by atoms with E-state index in [1.165, 1.54) is 6.07 Å². The molecule has 3 unspecified atom stereocenters. The van der Waals surface area contributed by atoms with Gasteiger partial charge < -0.3 is 0 Å². The maximum absolute atomic E-state index is 13.5. The maximum Gasteiger partial charge on any atom is 0.266 e. The van der Waals surface area contributed by atoms with Crippen molar-refractivity contribution in [3.63, 3.8) is 0 Å². The maximum atomic E-state index is 13.5. The van der Waals surface area contributed by atoms with Crippen molar-refractivity contribution in [1.29, 1.82) is 0 Å². The average Bonchev–Trinajstić information content (AvgIpc) is 3.28. The van der Waals surface area contributed by atoms with E-state index in [-0.39, 0.29) is 10.9 Å². The molecule has 2 amide bonds. The highest BCUT2D eigenvalue weighted by Crippen LogP contribution is 2.47. The van der Waals surface area contributed by atoms with Gasteiger partial charge in [-0.05, 0) is 42.8 Å². The van der Waals surface area contributed by atoms with Gasteiger partial charge in [0, 0.05) is 0 Å². The van der Waals surface area contributed by atoms with E-state index in [0.717, 1.165) is 21.7 Å². The van der Waals surface area contributed by atoms with E-state index in [9.17, 15) is 9.59 Å². The molecule has 2 aliphatic rings. The Morgan fingerprint density at radius 2 is 1.52 bits per heavy atom. The van der Waals surface area contributed by atoms with Crippen LogP contribution in [0.15, 0.2) is 72.8 Å². The quantitative estimate of drug-likeness (QED) is 0.502. The van der Waals surface area contributed by atoms with Crippen molar-refractivity contribution in [2.24, 2.45) is 5.92 Å². The van der Waals surface area contributed by atoms with Crippen molar-refractivity contribution in [2.45, 2.75) is 19.1 Å². The Kier molecular flexibility index (Phi) is 4.97. The number of halogens is 2. The van der Waals surface area contributed by atoms with Crippen LogP contribution >= 0.6 is 23.2 Å². The highest BCUT2D eigenvalue weighted by atomic mass is 35.5. The molecule has 0 N–H and O–H groups in total. The van der Waals surface area contributed by atoms with Crippen LogP contribution < -0.4 is 9.96 Å². The molecule has 2 saturated heterocycles. The molecule has 3 aromatic rings. The first-order chi connectivity index (χ1) is 15.0. The van der Waals surface area contributed by atoms with Crippen molar-refractivity contribution >= 4 is 46.4 Å².